The topological polar surface area (TPSA) is 32.3 Å². The van der Waals surface area contributed by atoms with Crippen molar-refractivity contribution in [3.05, 3.63) is 34.3 Å². The second-order valence-corrected chi connectivity index (χ2v) is 6.32. The molecule has 1 aromatic carbocycles. The number of carbonyl (C=O) groups is 1. The van der Waals surface area contributed by atoms with Gasteiger partial charge in [0.2, 0.25) is 0 Å². The monoisotopic (exact) mass is 338 g/mol. The van der Waals surface area contributed by atoms with Crippen molar-refractivity contribution >= 4 is 21.8 Å². The lowest BCUT2D eigenvalue weighted by atomic mass is 10.1. The molecule has 0 aromatic heterocycles. The largest absolute Gasteiger partial charge is 0.337 e. The predicted molar refractivity (Wildman–Crippen MR) is 86.0 cm³/mol. The second-order valence-electron chi connectivity index (χ2n) is 5.40. The summed E-state index contributed by atoms with van der Waals surface area (Å²) in [5.74, 6) is 0.152. The van der Waals surface area contributed by atoms with Gasteiger partial charge in [-0.05, 0) is 50.1 Å². The molecule has 1 N–H and O–H groups in total. The molecule has 1 aliphatic heterocycles. The van der Waals surface area contributed by atoms with E-state index in [9.17, 15) is 4.79 Å². The Labute approximate surface area is 129 Å². The van der Waals surface area contributed by atoms with Gasteiger partial charge in [0.1, 0.15) is 0 Å². The molecule has 0 bridgehead atoms. The van der Waals surface area contributed by atoms with Gasteiger partial charge in [-0.25, -0.2) is 0 Å². The zero-order chi connectivity index (χ0) is 14.4. The number of carbonyl (C=O) groups excluding carboxylic acids is 1. The summed E-state index contributed by atoms with van der Waals surface area (Å²) in [4.78, 5) is 14.6. The highest BCUT2D eigenvalue weighted by Gasteiger charge is 2.21. The lowest BCUT2D eigenvalue weighted by Gasteiger charge is -2.26. The molecular formula is C16H23BrN2O. The average Bonchev–Trinajstić information content (AvgIpc) is 2.96. The fraction of sp³-hybridized carbons (Fsp3) is 0.562. The summed E-state index contributed by atoms with van der Waals surface area (Å²) in [6, 6.07) is 8.12. The van der Waals surface area contributed by atoms with Crippen molar-refractivity contribution < 1.29 is 4.79 Å². The highest BCUT2D eigenvalue weighted by atomic mass is 79.9. The molecule has 0 spiro atoms. The van der Waals surface area contributed by atoms with Crippen molar-refractivity contribution in [2.45, 2.75) is 38.6 Å². The van der Waals surface area contributed by atoms with Crippen molar-refractivity contribution in [2.75, 3.05) is 19.6 Å². The molecule has 1 amide bonds. The molecule has 20 heavy (non-hydrogen) atoms. The number of nitrogens with one attached hydrogen (secondary N) is 1. The van der Waals surface area contributed by atoms with Crippen molar-refractivity contribution in [3.8, 4) is 0 Å². The molecule has 2 rings (SSSR count). The van der Waals surface area contributed by atoms with Crippen LogP contribution >= 0.6 is 15.9 Å². The molecule has 0 saturated carbocycles. The first-order valence-electron chi connectivity index (χ1n) is 7.49. The van der Waals surface area contributed by atoms with Crippen LogP contribution in [-0.2, 0) is 0 Å². The van der Waals surface area contributed by atoms with Gasteiger partial charge in [0, 0.05) is 29.2 Å². The number of unbranched alkanes of at least 4 members (excludes halogenated alkanes) is 1. The van der Waals surface area contributed by atoms with Gasteiger partial charge in [-0.2, -0.15) is 0 Å². The second kappa shape index (κ2) is 7.79. The van der Waals surface area contributed by atoms with Gasteiger partial charge in [-0.3, -0.25) is 4.79 Å². The quantitative estimate of drug-likeness (QED) is 0.861. The van der Waals surface area contributed by atoms with Crippen molar-refractivity contribution in [1.82, 2.24) is 10.2 Å². The predicted octanol–water partition coefficient (Wildman–Crippen LogP) is 3.44. The summed E-state index contributed by atoms with van der Waals surface area (Å²) in [5, 5.41) is 3.48. The molecule has 1 aliphatic rings. The van der Waals surface area contributed by atoms with E-state index in [4.69, 9.17) is 0 Å². The van der Waals surface area contributed by atoms with E-state index in [0.717, 1.165) is 42.5 Å². The van der Waals surface area contributed by atoms with Gasteiger partial charge in [0.15, 0.2) is 0 Å². The number of rotatable bonds is 6. The number of nitrogens with zero attached hydrogens (tertiary/aromatic N) is 1. The third-order valence-corrected chi connectivity index (χ3v) is 4.29. The summed E-state index contributed by atoms with van der Waals surface area (Å²) in [7, 11) is 0. The van der Waals surface area contributed by atoms with E-state index in [1.807, 2.05) is 29.2 Å². The lowest BCUT2D eigenvalue weighted by molar-refractivity contribution is 0.0739. The maximum Gasteiger partial charge on any atom is 0.253 e. The smallest absolute Gasteiger partial charge is 0.253 e. The normalized spacial score (nSPS) is 18.2. The summed E-state index contributed by atoms with van der Waals surface area (Å²) in [6.45, 7) is 4.92. The van der Waals surface area contributed by atoms with Gasteiger partial charge in [-0.1, -0.05) is 29.3 Å². The molecule has 3 nitrogen and oxygen atoms in total. The molecule has 1 fully saturated rings. The van der Waals surface area contributed by atoms with Gasteiger partial charge >= 0.3 is 0 Å². The van der Waals surface area contributed by atoms with Crippen LogP contribution < -0.4 is 5.32 Å². The number of hydrogen-bond donors (Lipinski definition) is 1. The number of benzene rings is 1. The molecule has 0 radical (unpaired) electrons. The van der Waals surface area contributed by atoms with Crippen molar-refractivity contribution in [2.24, 2.45) is 0 Å². The Morgan fingerprint density at radius 2 is 2.15 bits per heavy atom. The van der Waals surface area contributed by atoms with E-state index >= 15 is 0 Å². The third kappa shape index (κ3) is 4.32. The maximum absolute atomic E-state index is 12.6. The standard InChI is InChI=1S/C16H23BrN2O/c1-2-3-11-19(12-15-5-4-10-18-15)16(20)13-6-8-14(17)9-7-13/h6-9,15,18H,2-5,10-12H2,1H3. The molecule has 1 heterocycles. The van der Waals surface area contributed by atoms with E-state index < -0.39 is 0 Å². The third-order valence-electron chi connectivity index (χ3n) is 3.76. The zero-order valence-corrected chi connectivity index (χ0v) is 13.7. The highest BCUT2D eigenvalue weighted by molar-refractivity contribution is 9.10. The van der Waals surface area contributed by atoms with E-state index in [-0.39, 0.29) is 5.91 Å². The van der Waals surface area contributed by atoms with E-state index in [1.165, 1.54) is 12.8 Å². The molecule has 110 valence electrons. The lowest BCUT2D eigenvalue weighted by Crippen LogP contribution is -2.41. The highest BCUT2D eigenvalue weighted by Crippen LogP contribution is 2.14. The summed E-state index contributed by atoms with van der Waals surface area (Å²) in [5.41, 5.74) is 0.780. The van der Waals surface area contributed by atoms with Crippen molar-refractivity contribution in [3.63, 3.8) is 0 Å². The Kier molecular flexibility index (Phi) is 6.05. The molecule has 1 aromatic rings. The van der Waals surface area contributed by atoms with Crippen LogP contribution in [0.2, 0.25) is 0 Å². The van der Waals surface area contributed by atoms with E-state index in [2.05, 4.69) is 28.2 Å². The molecule has 1 saturated heterocycles. The first-order chi connectivity index (χ1) is 9.70. The Morgan fingerprint density at radius 3 is 2.75 bits per heavy atom. The maximum atomic E-state index is 12.6. The van der Waals surface area contributed by atoms with Gasteiger partial charge in [-0.15, -0.1) is 0 Å². The fourth-order valence-corrected chi connectivity index (χ4v) is 2.84. The summed E-state index contributed by atoms with van der Waals surface area (Å²) < 4.78 is 1.01. The Balaban J connectivity index is 2.03. The number of halogens is 1. The van der Waals surface area contributed by atoms with Gasteiger partial charge in [0.05, 0.1) is 0 Å². The van der Waals surface area contributed by atoms with Crippen LogP contribution in [0.5, 0.6) is 0 Å². The molecule has 1 unspecified atom stereocenters. The Hall–Kier alpha value is -0.870. The minimum atomic E-state index is 0.152. The van der Waals surface area contributed by atoms with Crippen LogP contribution in [0.3, 0.4) is 0 Å². The van der Waals surface area contributed by atoms with Crippen LogP contribution in [0.4, 0.5) is 0 Å². The van der Waals surface area contributed by atoms with E-state index in [1.54, 1.807) is 0 Å². The van der Waals surface area contributed by atoms with E-state index in [0.29, 0.717) is 6.04 Å². The Bertz CT molecular complexity index is 427. The number of amides is 1. The Morgan fingerprint density at radius 1 is 1.40 bits per heavy atom. The molecule has 1 atom stereocenters. The van der Waals surface area contributed by atoms with Crippen LogP contribution in [0.1, 0.15) is 43.0 Å². The van der Waals surface area contributed by atoms with Crippen LogP contribution in [-0.4, -0.2) is 36.5 Å². The SMILES string of the molecule is CCCCN(CC1CCCN1)C(=O)c1ccc(Br)cc1. The summed E-state index contributed by atoms with van der Waals surface area (Å²) in [6.07, 6.45) is 4.58. The van der Waals surface area contributed by atoms with Crippen LogP contribution in [0, 0.1) is 0 Å². The minimum Gasteiger partial charge on any atom is -0.337 e. The molecule has 4 heteroatoms. The zero-order valence-electron chi connectivity index (χ0n) is 12.1. The van der Waals surface area contributed by atoms with Crippen LogP contribution in [0.25, 0.3) is 0 Å². The average molecular weight is 339 g/mol. The fourth-order valence-electron chi connectivity index (χ4n) is 2.58. The first-order valence-corrected chi connectivity index (χ1v) is 8.28. The first kappa shape index (κ1) is 15.5. The van der Waals surface area contributed by atoms with Gasteiger partial charge in [0.25, 0.3) is 5.91 Å². The van der Waals surface area contributed by atoms with Crippen LogP contribution in [0.15, 0.2) is 28.7 Å². The summed E-state index contributed by atoms with van der Waals surface area (Å²) >= 11 is 3.41. The molecule has 0 aliphatic carbocycles. The number of hydrogen-bond acceptors (Lipinski definition) is 2. The van der Waals surface area contributed by atoms with Crippen molar-refractivity contribution in [1.29, 1.82) is 0 Å². The molecular weight excluding hydrogens is 316 g/mol. The van der Waals surface area contributed by atoms with Gasteiger partial charge < -0.3 is 10.2 Å². The minimum absolute atomic E-state index is 0.152.